The second kappa shape index (κ2) is 10.00. The Morgan fingerprint density at radius 2 is 2.00 bits per heavy atom. The SMILES string of the molecule is O=C(NCCCc1nc(-c2ccncc2)cs1)C1CCN(c2ccc(Cl)cn2)CC1. The molecule has 0 unspecified atom stereocenters. The van der Waals surface area contributed by atoms with E-state index in [1.807, 2.05) is 24.3 Å². The number of anilines is 1. The normalized spacial score (nSPS) is 14.6. The van der Waals surface area contributed by atoms with Crippen LogP contribution in [0.1, 0.15) is 24.3 Å². The van der Waals surface area contributed by atoms with Gasteiger partial charge in [-0.2, -0.15) is 0 Å². The highest BCUT2D eigenvalue weighted by Gasteiger charge is 2.25. The zero-order valence-electron chi connectivity index (χ0n) is 16.6. The molecule has 0 radical (unpaired) electrons. The van der Waals surface area contributed by atoms with Crippen molar-refractivity contribution >= 4 is 34.7 Å². The predicted octanol–water partition coefficient (Wildman–Crippen LogP) is 4.22. The van der Waals surface area contributed by atoms with Gasteiger partial charge < -0.3 is 10.2 Å². The summed E-state index contributed by atoms with van der Waals surface area (Å²) < 4.78 is 0. The largest absolute Gasteiger partial charge is 0.357 e. The van der Waals surface area contributed by atoms with Crippen molar-refractivity contribution in [1.29, 1.82) is 0 Å². The van der Waals surface area contributed by atoms with Crippen molar-refractivity contribution in [2.75, 3.05) is 24.5 Å². The molecule has 4 heterocycles. The van der Waals surface area contributed by atoms with Gasteiger partial charge in [-0.05, 0) is 43.5 Å². The summed E-state index contributed by atoms with van der Waals surface area (Å²) >= 11 is 7.57. The average molecular weight is 442 g/mol. The first kappa shape index (κ1) is 20.8. The number of piperidine rings is 1. The average Bonchev–Trinajstić information content (AvgIpc) is 3.27. The number of amides is 1. The van der Waals surface area contributed by atoms with E-state index in [1.165, 1.54) is 0 Å². The molecule has 0 aromatic carbocycles. The number of halogens is 1. The van der Waals surface area contributed by atoms with E-state index in [1.54, 1.807) is 29.9 Å². The maximum Gasteiger partial charge on any atom is 0.223 e. The highest BCUT2D eigenvalue weighted by Crippen LogP contribution is 2.23. The summed E-state index contributed by atoms with van der Waals surface area (Å²) in [5.74, 6) is 1.16. The van der Waals surface area contributed by atoms with Gasteiger partial charge in [0.2, 0.25) is 5.91 Å². The van der Waals surface area contributed by atoms with Crippen molar-refractivity contribution in [3.8, 4) is 11.3 Å². The third kappa shape index (κ3) is 5.34. The molecule has 0 atom stereocenters. The van der Waals surface area contributed by atoms with Gasteiger partial charge in [0.05, 0.1) is 15.7 Å². The molecule has 0 aliphatic carbocycles. The minimum atomic E-state index is 0.0757. The lowest BCUT2D eigenvalue weighted by Crippen LogP contribution is -2.41. The van der Waals surface area contributed by atoms with Crippen LogP contribution in [0.25, 0.3) is 11.3 Å². The Kier molecular flexibility index (Phi) is 6.92. The number of hydrogen-bond donors (Lipinski definition) is 1. The van der Waals surface area contributed by atoms with Gasteiger partial charge in [-0.25, -0.2) is 9.97 Å². The quantitative estimate of drug-likeness (QED) is 0.556. The minimum absolute atomic E-state index is 0.0757. The van der Waals surface area contributed by atoms with Gasteiger partial charge in [-0.15, -0.1) is 11.3 Å². The molecule has 3 aromatic heterocycles. The number of nitrogens with zero attached hydrogens (tertiary/aromatic N) is 4. The monoisotopic (exact) mass is 441 g/mol. The lowest BCUT2D eigenvalue weighted by Gasteiger charge is -2.32. The molecular weight excluding hydrogens is 418 g/mol. The topological polar surface area (TPSA) is 71.0 Å². The molecule has 0 bridgehead atoms. The zero-order valence-corrected chi connectivity index (χ0v) is 18.2. The van der Waals surface area contributed by atoms with Crippen molar-refractivity contribution < 1.29 is 4.79 Å². The van der Waals surface area contributed by atoms with Crippen LogP contribution in [0.4, 0.5) is 5.82 Å². The zero-order chi connectivity index (χ0) is 20.8. The van der Waals surface area contributed by atoms with E-state index in [9.17, 15) is 4.79 Å². The smallest absolute Gasteiger partial charge is 0.223 e. The van der Waals surface area contributed by atoms with Crippen molar-refractivity contribution in [1.82, 2.24) is 20.3 Å². The Hall–Kier alpha value is -2.51. The Morgan fingerprint density at radius 3 is 2.73 bits per heavy atom. The van der Waals surface area contributed by atoms with Gasteiger partial charge in [-0.3, -0.25) is 9.78 Å². The van der Waals surface area contributed by atoms with Gasteiger partial charge in [0, 0.05) is 61.5 Å². The van der Waals surface area contributed by atoms with Crippen molar-refractivity contribution in [2.45, 2.75) is 25.7 Å². The minimum Gasteiger partial charge on any atom is -0.357 e. The van der Waals surface area contributed by atoms with Gasteiger partial charge in [0.15, 0.2) is 0 Å². The highest BCUT2D eigenvalue weighted by atomic mass is 35.5. The molecule has 3 aromatic rings. The van der Waals surface area contributed by atoms with Crippen molar-refractivity contribution in [3.63, 3.8) is 0 Å². The summed E-state index contributed by atoms with van der Waals surface area (Å²) in [6, 6.07) is 7.72. The highest BCUT2D eigenvalue weighted by molar-refractivity contribution is 7.09. The van der Waals surface area contributed by atoms with E-state index in [4.69, 9.17) is 11.6 Å². The van der Waals surface area contributed by atoms with Crippen LogP contribution in [0.3, 0.4) is 0 Å². The fraction of sp³-hybridized carbons (Fsp3) is 0.364. The second-order valence-electron chi connectivity index (χ2n) is 7.35. The molecule has 1 aliphatic rings. The standard InChI is InChI=1S/C22H24ClN5OS/c23-18-3-4-20(26-14-18)28-12-7-17(8-13-28)22(29)25-9-1-2-21-27-19(15-30-21)16-5-10-24-11-6-16/h3-6,10-11,14-15,17H,1-2,7-9,12-13H2,(H,25,29). The van der Waals surface area contributed by atoms with Crippen LogP contribution in [-0.4, -0.2) is 40.5 Å². The van der Waals surface area contributed by atoms with Crippen LogP contribution in [0, 0.1) is 5.92 Å². The van der Waals surface area contributed by atoms with Crippen LogP contribution in [-0.2, 0) is 11.2 Å². The van der Waals surface area contributed by atoms with Gasteiger partial charge in [-0.1, -0.05) is 11.6 Å². The number of nitrogens with one attached hydrogen (secondary N) is 1. The van der Waals surface area contributed by atoms with E-state index in [-0.39, 0.29) is 11.8 Å². The summed E-state index contributed by atoms with van der Waals surface area (Å²) in [4.78, 5) is 27.8. The summed E-state index contributed by atoms with van der Waals surface area (Å²) in [5, 5.41) is 6.91. The fourth-order valence-corrected chi connectivity index (χ4v) is 4.56. The molecular formula is C22H24ClN5OS. The molecule has 1 amide bonds. The molecule has 1 fully saturated rings. The Balaban J connectivity index is 1.17. The lowest BCUT2D eigenvalue weighted by molar-refractivity contribution is -0.125. The molecule has 0 spiro atoms. The number of carbonyl (C=O) groups is 1. The summed E-state index contributed by atoms with van der Waals surface area (Å²) in [6.45, 7) is 2.36. The molecule has 6 nitrogen and oxygen atoms in total. The molecule has 1 N–H and O–H groups in total. The predicted molar refractivity (Wildman–Crippen MR) is 121 cm³/mol. The summed E-state index contributed by atoms with van der Waals surface area (Å²) in [5.41, 5.74) is 2.07. The molecule has 8 heteroatoms. The van der Waals surface area contributed by atoms with Crippen LogP contribution < -0.4 is 10.2 Å². The number of rotatable bonds is 7. The maximum atomic E-state index is 12.5. The van der Waals surface area contributed by atoms with Crippen molar-refractivity contribution in [2.24, 2.45) is 5.92 Å². The molecule has 1 saturated heterocycles. The van der Waals surface area contributed by atoms with Crippen LogP contribution >= 0.6 is 22.9 Å². The number of aromatic nitrogens is 3. The first-order valence-corrected chi connectivity index (χ1v) is 11.4. The first-order valence-electron chi connectivity index (χ1n) is 10.2. The van der Waals surface area contributed by atoms with Gasteiger partial charge >= 0.3 is 0 Å². The maximum absolute atomic E-state index is 12.5. The Morgan fingerprint density at radius 1 is 1.20 bits per heavy atom. The number of thiazole rings is 1. The number of hydrogen-bond acceptors (Lipinski definition) is 6. The lowest BCUT2D eigenvalue weighted by atomic mass is 9.96. The fourth-order valence-electron chi connectivity index (χ4n) is 3.60. The van der Waals surface area contributed by atoms with E-state index < -0.39 is 0 Å². The molecule has 0 saturated carbocycles. The van der Waals surface area contributed by atoms with E-state index in [0.717, 1.165) is 60.9 Å². The third-order valence-electron chi connectivity index (χ3n) is 5.30. The molecule has 1 aliphatic heterocycles. The second-order valence-corrected chi connectivity index (χ2v) is 8.73. The number of pyridine rings is 2. The van der Waals surface area contributed by atoms with Gasteiger partial charge in [0.25, 0.3) is 0 Å². The number of aryl methyl sites for hydroxylation is 1. The van der Waals surface area contributed by atoms with Gasteiger partial charge in [0.1, 0.15) is 5.82 Å². The van der Waals surface area contributed by atoms with E-state index in [2.05, 4.69) is 30.5 Å². The van der Waals surface area contributed by atoms with Crippen LogP contribution in [0.2, 0.25) is 5.02 Å². The first-order chi connectivity index (χ1) is 14.7. The summed E-state index contributed by atoms with van der Waals surface area (Å²) in [6.07, 6.45) is 8.67. The molecule has 30 heavy (non-hydrogen) atoms. The Bertz CT molecular complexity index is 955. The van der Waals surface area contributed by atoms with Crippen LogP contribution in [0.15, 0.2) is 48.2 Å². The number of carbonyl (C=O) groups excluding carboxylic acids is 1. The summed E-state index contributed by atoms with van der Waals surface area (Å²) in [7, 11) is 0. The molecule has 156 valence electrons. The Labute approximate surface area is 185 Å². The third-order valence-corrected chi connectivity index (χ3v) is 6.43. The van der Waals surface area contributed by atoms with E-state index >= 15 is 0 Å². The van der Waals surface area contributed by atoms with Crippen LogP contribution in [0.5, 0.6) is 0 Å². The van der Waals surface area contributed by atoms with Crippen molar-refractivity contribution in [3.05, 3.63) is 58.3 Å². The van der Waals surface area contributed by atoms with E-state index in [0.29, 0.717) is 11.6 Å². The molecule has 4 rings (SSSR count).